The lowest BCUT2D eigenvalue weighted by atomic mass is 9.88. The summed E-state index contributed by atoms with van der Waals surface area (Å²) in [7, 11) is 0. The van der Waals surface area contributed by atoms with Crippen LogP contribution in [0.25, 0.3) is 0 Å². The maximum absolute atomic E-state index is 12.5. The van der Waals surface area contributed by atoms with Crippen LogP contribution in [-0.4, -0.2) is 56.1 Å². The Kier molecular flexibility index (Phi) is 6.60. The number of morpholine rings is 1. The Morgan fingerprint density at radius 1 is 1.29 bits per heavy atom. The smallest absolute Gasteiger partial charge is 0.254 e. The molecule has 0 radical (unpaired) electrons. The van der Waals surface area contributed by atoms with Gasteiger partial charge in [0, 0.05) is 30.3 Å². The molecule has 24 heavy (non-hydrogen) atoms. The SMILES string of the molecule is CC(C(=O)Nc1cccc(C(=O)N2CCOCC2)c1)C1CNC1.Cl. The van der Waals surface area contributed by atoms with Gasteiger partial charge in [0.15, 0.2) is 0 Å². The molecule has 6 nitrogen and oxygen atoms in total. The fraction of sp³-hybridized carbons (Fsp3) is 0.529. The maximum Gasteiger partial charge on any atom is 0.254 e. The molecule has 7 heteroatoms. The van der Waals surface area contributed by atoms with Crippen LogP contribution in [0.2, 0.25) is 0 Å². The summed E-state index contributed by atoms with van der Waals surface area (Å²) in [6.45, 7) is 6.12. The van der Waals surface area contributed by atoms with Crippen molar-refractivity contribution in [2.45, 2.75) is 6.92 Å². The molecule has 0 aliphatic carbocycles. The Balaban J connectivity index is 0.00000208. The van der Waals surface area contributed by atoms with Crippen molar-refractivity contribution in [3.63, 3.8) is 0 Å². The van der Waals surface area contributed by atoms with Crippen LogP contribution < -0.4 is 10.6 Å². The molecule has 0 saturated carbocycles. The van der Waals surface area contributed by atoms with Gasteiger partial charge >= 0.3 is 0 Å². The van der Waals surface area contributed by atoms with Gasteiger partial charge < -0.3 is 20.3 Å². The highest BCUT2D eigenvalue weighted by Crippen LogP contribution is 2.19. The number of nitrogens with zero attached hydrogens (tertiary/aromatic N) is 1. The monoisotopic (exact) mass is 353 g/mol. The van der Waals surface area contributed by atoms with Crippen molar-refractivity contribution in [2.24, 2.45) is 11.8 Å². The quantitative estimate of drug-likeness (QED) is 0.857. The minimum absolute atomic E-state index is 0. The second-order valence-electron chi connectivity index (χ2n) is 6.18. The number of rotatable bonds is 4. The maximum atomic E-state index is 12.5. The fourth-order valence-corrected chi connectivity index (χ4v) is 2.81. The highest BCUT2D eigenvalue weighted by molar-refractivity contribution is 5.97. The Hall–Kier alpha value is -1.63. The number of nitrogens with one attached hydrogen (secondary N) is 2. The summed E-state index contributed by atoms with van der Waals surface area (Å²) in [6, 6.07) is 7.16. The summed E-state index contributed by atoms with van der Waals surface area (Å²) < 4.78 is 5.27. The molecule has 2 aliphatic heterocycles. The van der Waals surface area contributed by atoms with Crippen LogP contribution in [0.3, 0.4) is 0 Å². The zero-order chi connectivity index (χ0) is 16.2. The topological polar surface area (TPSA) is 70.7 Å². The summed E-state index contributed by atoms with van der Waals surface area (Å²) in [6.07, 6.45) is 0. The molecule has 1 aromatic rings. The largest absolute Gasteiger partial charge is 0.378 e. The Labute approximate surface area is 148 Å². The molecular formula is C17H24ClN3O3. The third kappa shape index (κ3) is 4.26. The summed E-state index contributed by atoms with van der Waals surface area (Å²) in [5.41, 5.74) is 1.27. The van der Waals surface area contributed by atoms with Crippen LogP contribution >= 0.6 is 12.4 Å². The number of carbonyl (C=O) groups excluding carboxylic acids is 2. The van der Waals surface area contributed by atoms with Gasteiger partial charge in [0.05, 0.1) is 13.2 Å². The number of amides is 2. The van der Waals surface area contributed by atoms with Gasteiger partial charge in [-0.05, 0) is 37.2 Å². The molecule has 2 aliphatic rings. The summed E-state index contributed by atoms with van der Waals surface area (Å²) >= 11 is 0. The van der Waals surface area contributed by atoms with E-state index in [9.17, 15) is 9.59 Å². The first-order chi connectivity index (χ1) is 11.1. The van der Waals surface area contributed by atoms with Crippen molar-refractivity contribution in [3.05, 3.63) is 29.8 Å². The number of hydrogen-bond donors (Lipinski definition) is 2. The molecule has 1 atom stereocenters. The highest BCUT2D eigenvalue weighted by atomic mass is 35.5. The van der Waals surface area contributed by atoms with E-state index in [1.807, 2.05) is 13.0 Å². The van der Waals surface area contributed by atoms with Crippen LogP contribution in [0.1, 0.15) is 17.3 Å². The first kappa shape index (κ1) is 18.7. The second-order valence-corrected chi connectivity index (χ2v) is 6.18. The van der Waals surface area contributed by atoms with Gasteiger partial charge in [-0.3, -0.25) is 9.59 Å². The van der Waals surface area contributed by atoms with Crippen LogP contribution in [0, 0.1) is 11.8 Å². The zero-order valence-electron chi connectivity index (χ0n) is 13.8. The van der Waals surface area contributed by atoms with Crippen molar-refractivity contribution in [1.29, 1.82) is 0 Å². The van der Waals surface area contributed by atoms with Crippen molar-refractivity contribution < 1.29 is 14.3 Å². The molecule has 0 aromatic heterocycles. The molecule has 1 unspecified atom stereocenters. The lowest BCUT2D eigenvalue weighted by Gasteiger charge is -2.31. The first-order valence-corrected chi connectivity index (χ1v) is 8.14. The van der Waals surface area contributed by atoms with Crippen molar-refractivity contribution in [2.75, 3.05) is 44.7 Å². The van der Waals surface area contributed by atoms with Crippen molar-refractivity contribution in [1.82, 2.24) is 10.2 Å². The van der Waals surface area contributed by atoms with Crippen LogP contribution in [0.5, 0.6) is 0 Å². The van der Waals surface area contributed by atoms with E-state index < -0.39 is 0 Å². The Morgan fingerprint density at radius 3 is 2.62 bits per heavy atom. The van der Waals surface area contributed by atoms with E-state index in [4.69, 9.17) is 4.74 Å². The molecule has 2 fully saturated rings. The van der Waals surface area contributed by atoms with Gasteiger partial charge in [-0.1, -0.05) is 13.0 Å². The summed E-state index contributed by atoms with van der Waals surface area (Å²) in [5, 5.41) is 6.11. The number of hydrogen-bond acceptors (Lipinski definition) is 4. The van der Waals surface area contributed by atoms with Gasteiger partial charge in [0.2, 0.25) is 5.91 Å². The minimum Gasteiger partial charge on any atom is -0.378 e. The van der Waals surface area contributed by atoms with E-state index in [1.54, 1.807) is 23.1 Å². The van der Waals surface area contributed by atoms with Crippen LogP contribution in [0.4, 0.5) is 5.69 Å². The van der Waals surface area contributed by atoms with E-state index in [-0.39, 0.29) is 30.1 Å². The van der Waals surface area contributed by atoms with E-state index in [0.717, 1.165) is 13.1 Å². The normalized spacial score (nSPS) is 19.0. The average molecular weight is 354 g/mol. The lowest BCUT2D eigenvalue weighted by Crippen LogP contribution is -2.48. The second kappa shape index (κ2) is 8.46. The number of anilines is 1. The van der Waals surface area contributed by atoms with Gasteiger partial charge in [0.1, 0.15) is 0 Å². The predicted molar refractivity (Wildman–Crippen MR) is 94.6 cm³/mol. The van der Waals surface area contributed by atoms with Crippen LogP contribution in [-0.2, 0) is 9.53 Å². The average Bonchev–Trinajstić information content (AvgIpc) is 2.53. The predicted octanol–water partition coefficient (Wildman–Crippen LogP) is 1.37. The van der Waals surface area contributed by atoms with Gasteiger partial charge in [-0.25, -0.2) is 0 Å². The minimum atomic E-state index is -0.0325. The summed E-state index contributed by atoms with van der Waals surface area (Å²) in [5.74, 6) is 0.358. The van der Waals surface area contributed by atoms with Crippen LogP contribution in [0.15, 0.2) is 24.3 Å². The number of benzene rings is 1. The molecule has 2 N–H and O–H groups in total. The van der Waals surface area contributed by atoms with Crippen molar-refractivity contribution in [3.8, 4) is 0 Å². The van der Waals surface area contributed by atoms with Gasteiger partial charge in [-0.15, -0.1) is 12.4 Å². The molecule has 2 saturated heterocycles. The number of halogens is 1. The lowest BCUT2D eigenvalue weighted by molar-refractivity contribution is -0.121. The van der Waals surface area contributed by atoms with E-state index in [0.29, 0.717) is 43.5 Å². The first-order valence-electron chi connectivity index (χ1n) is 8.14. The molecule has 132 valence electrons. The molecule has 3 rings (SSSR count). The summed E-state index contributed by atoms with van der Waals surface area (Å²) in [4.78, 5) is 26.5. The third-order valence-electron chi connectivity index (χ3n) is 4.61. The molecule has 0 bridgehead atoms. The number of ether oxygens (including phenoxy) is 1. The standard InChI is InChI=1S/C17H23N3O3.ClH/c1-12(14-10-18-11-14)16(21)19-15-4-2-3-13(9-15)17(22)20-5-7-23-8-6-20;/h2-4,9,12,14,18H,5-8,10-11H2,1H3,(H,19,21);1H. The third-order valence-corrected chi connectivity index (χ3v) is 4.61. The van der Waals surface area contributed by atoms with E-state index in [2.05, 4.69) is 10.6 Å². The number of carbonyl (C=O) groups is 2. The van der Waals surface area contributed by atoms with Gasteiger partial charge in [-0.2, -0.15) is 0 Å². The Bertz CT molecular complexity index is 586. The van der Waals surface area contributed by atoms with E-state index >= 15 is 0 Å². The Morgan fingerprint density at radius 2 is 2.00 bits per heavy atom. The van der Waals surface area contributed by atoms with E-state index in [1.165, 1.54) is 0 Å². The molecule has 2 amide bonds. The molecule has 2 heterocycles. The zero-order valence-corrected chi connectivity index (χ0v) is 14.6. The fourth-order valence-electron chi connectivity index (χ4n) is 2.81. The molecule has 0 spiro atoms. The molecule has 1 aromatic carbocycles. The van der Waals surface area contributed by atoms with Crippen molar-refractivity contribution >= 4 is 29.9 Å². The van der Waals surface area contributed by atoms with Gasteiger partial charge in [0.25, 0.3) is 5.91 Å². The molecular weight excluding hydrogens is 330 g/mol. The highest BCUT2D eigenvalue weighted by Gasteiger charge is 2.28.